The van der Waals surface area contributed by atoms with Crippen molar-refractivity contribution in [3.8, 4) is 0 Å². The number of hydrogen-bond acceptors (Lipinski definition) is 1. The first-order valence-electron chi connectivity index (χ1n) is 5.04. The van der Waals surface area contributed by atoms with E-state index in [-0.39, 0.29) is 0 Å². The highest BCUT2D eigenvalue weighted by Gasteiger charge is 2.00. The average Bonchev–Trinajstić information content (AvgIpc) is 2.55. The summed E-state index contributed by atoms with van der Waals surface area (Å²) in [5.74, 6) is 0. The zero-order chi connectivity index (χ0) is 10.8. The minimum absolute atomic E-state index is 1.15. The van der Waals surface area contributed by atoms with Crippen LogP contribution in [0.3, 0.4) is 0 Å². The van der Waals surface area contributed by atoms with Crippen LogP contribution in [-0.2, 0) is 0 Å². The maximum atomic E-state index is 4.15. The van der Waals surface area contributed by atoms with Crippen LogP contribution in [0.4, 0.5) is 0 Å². The highest BCUT2D eigenvalue weighted by molar-refractivity contribution is 7.17. The molecule has 0 unspecified atom stereocenters. The fourth-order valence-electron chi connectivity index (χ4n) is 1.65. The molecule has 0 amide bonds. The van der Waals surface area contributed by atoms with Crippen LogP contribution in [0.25, 0.3) is 22.7 Å². The van der Waals surface area contributed by atoms with E-state index in [1.807, 2.05) is 24.3 Å². The minimum Gasteiger partial charge on any atom is -0.135 e. The predicted molar refractivity (Wildman–Crippen MR) is 70.6 cm³/mol. The molecule has 1 aromatic heterocycles. The first kappa shape index (κ1) is 10.2. The van der Waals surface area contributed by atoms with Gasteiger partial charge >= 0.3 is 0 Å². The van der Waals surface area contributed by atoms with Gasteiger partial charge in [-0.25, -0.2) is 0 Å². The molecule has 0 bridgehead atoms. The summed E-state index contributed by atoms with van der Waals surface area (Å²) in [6.45, 7) is 8.32. The quantitative estimate of drug-likeness (QED) is 0.684. The Morgan fingerprint density at radius 3 is 2.80 bits per heavy atom. The molecule has 0 fully saturated rings. The Morgan fingerprint density at radius 2 is 2.13 bits per heavy atom. The third-order valence-corrected chi connectivity index (χ3v) is 3.83. The number of thiophene rings is 1. The third kappa shape index (κ3) is 1.75. The van der Waals surface area contributed by atoms with Crippen LogP contribution in [0.1, 0.15) is 12.5 Å². The Balaban J connectivity index is 2.87. The van der Waals surface area contributed by atoms with Gasteiger partial charge in [-0.1, -0.05) is 36.9 Å². The molecule has 0 atom stereocenters. The monoisotopic (exact) mass is 214 g/mol. The lowest BCUT2D eigenvalue weighted by Crippen LogP contribution is -2.15. The first-order valence-corrected chi connectivity index (χ1v) is 5.86. The number of allylic oxidation sites excluding steroid dienone is 2. The van der Waals surface area contributed by atoms with E-state index in [1.165, 1.54) is 20.2 Å². The molecule has 2 rings (SSSR count). The van der Waals surface area contributed by atoms with Gasteiger partial charge in [0.25, 0.3) is 0 Å². The molecule has 0 aliphatic rings. The van der Waals surface area contributed by atoms with Crippen molar-refractivity contribution in [3.63, 3.8) is 0 Å². The van der Waals surface area contributed by atoms with Crippen LogP contribution in [0.5, 0.6) is 0 Å². The van der Waals surface area contributed by atoms with E-state index in [1.54, 1.807) is 0 Å². The van der Waals surface area contributed by atoms with Gasteiger partial charge in [0.1, 0.15) is 0 Å². The molecule has 0 aliphatic carbocycles. The van der Waals surface area contributed by atoms with Gasteiger partial charge < -0.3 is 0 Å². The predicted octanol–water partition coefficient (Wildman–Crippen LogP) is 2.98. The van der Waals surface area contributed by atoms with E-state index in [0.29, 0.717) is 0 Å². The Labute approximate surface area is 93.9 Å². The van der Waals surface area contributed by atoms with Gasteiger partial charge in [-0.05, 0) is 36.1 Å². The summed E-state index contributed by atoms with van der Waals surface area (Å²) in [7, 11) is 0. The van der Waals surface area contributed by atoms with Crippen molar-refractivity contribution in [1.29, 1.82) is 0 Å². The second-order valence-corrected chi connectivity index (χ2v) is 4.64. The van der Waals surface area contributed by atoms with Gasteiger partial charge in [0, 0.05) is 9.23 Å². The Bertz CT molecular complexity index is 615. The highest BCUT2D eigenvalue weighted by atomic mass is 32.1. The summed E-state index contributed by atoms with van der Waals surface area (Å²) in [4.78, 5) is 0. The summed E-state index contributed by atoms with van der Waals surface area (Å²) in [6, 6.07) is 6.39. The minimum atomic E-state index is 1.15. The number of hydrogen-bond donors (Lipinski definition) is 0. The summed E-state index contributed by atoms with van der Waals surface area (Å²) in [5, 5.41) is 2.44. The highest BCUT2D eigenvalue weighted by Crippen LogP contribution is 2.17. The van der Waals surface area contributed by atoms with E-state index in [2.05, 4.69) is 43.9 Å². The largest absolute Gasteiger partial charge is 0.135 e. The molecule has 1 heteroatoms. The van der Waals surface area contributed by atoms with E-state index >= 15 is 0 Å². The molecule has 0 N–H and O–H groups in total. The van der Waals surface area contributed by atoms with Crippen molar-refractivity contribution in [2.45, 2.75) is 13.8 Å². The Kier molecular flexibility index (Phi) is 2.74. The number of fused-ring (bicyclic) bond motifs is 1. The number of aryl methyl sites for hydroxylation is 1. The van der Waals surface area contributed by atoms with Crippen molar-refractivity contribution in [2.24, 2.45) is 0 Å². The van der Waals surface area contributed by atoms with E-state index < -0.39 is 0 Å². The van der Waals surface area contributed by atoms with Crippen LogP contribution in [0.15, 0.2) is 30.4 Å². The molecular weight excluding hydrogens is 200 g/mol. The zero-order valence-electron chi connectivity index (χ0n) is 9.08. The molecule has 2 aromatic rings. The van der Waals surface area contributed by atoms with Crippen LogP contribution in [0, 0.1) is 6.92 Å². The normalized spacial score (nSPS) is 13.1. The van der Waals surface area contributed by atoms with Crippen LogP contribution in [0.2, 0.25) is 0 Å². The van der Waals surface area contributed by atoms with Crippen LogP contribution in [-0.4, -0.2) is 0 Å². The van der Waals surface area contributed by atoms with Crippen LogP contribution < -0.4 is 9.75 Å². The molecular formula is C14H14S. The van der Waals surface area contributed by atoms with Gasteiger partial charge in [-0.15, -0.1) is 11.3 Å². The molecule has 76 valence electrons. The van der Waals surface area contributed by atoms with Gasteiger partial charge in [0.15, 0.2) is 0 Å². The lowest BCUT2D eigenvalue weighted by Gasteiger charge is -1.92. The maximum absolute atomic E-state index is 4.15. The fourth-order valence-corrected chi connectivity index (χ4v) is 2.78. The van der Waals surface area contributed by atoms with Crippen molar-refractivity contribution >= 4 is 34.1 Å². The van der Waals surface area contributed by atoms with E-state index in [9.17, 15) is 0 Å². The zero-order valence-corrected chi connectivity index (χ0v) is 9.90. The van der Waals surface area contributed by atoms with Gasteiger partial charge in [-0.3, -0.25) is 0 Å². The Morgan fingerprint density at radius 1 is 1.33 bits per heavy atom. The lowest BCUT2D eigenvalue weighted by atomic mass is 10.1. The summed E-state index contributed by atoms with van der Waals surface area (Å²) in [6.07, 6.45) is 6.23. The summed E-state index contributed by atoms with van der Waals surface area (Å²) >= 11 is 1.82. The SMILES string of the molecule is C=c1/c(=C\C=C/C)sc2c(C)cccc12. The second kappa shape index (κ2) is 4.03. The van der Waals surface area contributed by atoms with E-state index in [0.717, 1.165) is 5.22 Å². The van der Waals surface area contributed by atoms with Gasteiger partial charge in [0.2, 0.25) is 0 Å². The molecule has 0 radical (unpaired) electrons. The first-order chi connectivity index (χ1) is 7.24. The number of benzene rings is 1. The molecule has 0 aliphatic heterocycles. The van der Waals surface area contributed by atoms with Crippen molar-refractivity contribution in [1.82, 2.24) is 0 Å². The maximum Gasteiger partial charge on any atom is 0.0384 e. The van der Waals surface area contributed by atoms with Crippen molar-refractivity contribution < 1.29 is 0 Å². The van der Waals surface area contributed by atoms with Crippen LogP contribution >= 0.6 is 11.3 Å². The third-order valence-electron chi connectivity index (χ3n) is 2.49. The second-order valence-electron chi connectivity index (χ2n) is 3.59. The molecule has 0 spiro atoms. The molecule has 0 nitrogen and oxygen atoms in total. The molecule has 0 saturated heterocycles. The van der Waals surface area contributed by atoms with Crippen molar-refractivity contribution in [3.05, 3.63) is 45.7 Å². The molecule has 15 heavy (non-hydrogen) atoms. The summed E-state index contributed by atoms with van der Waals surface area (Å²) < 4.78 is 2.62. The molecule has 0 saturated carbocycles. The molecule has 1 heterocycles. The summed E-state index contributed by atoms with van der Waals surface area (Å²) in [5.41, 5.74) is 1.34. The lowest BCUT2D eigenvalue weighted by molar-refractivity contribution is 1.56. The smallest absolute Gasteiger partial charge is 0.0384 e. The van der Waals surface area contributed by atoms with Crippen molar-refractivity contribution in [2.75, 3.05) is 0 Å². The Hall–Kier alpha value is -1.34. The topological polar surface area (TPSA) is 0 Å². The van der Waals surface area contributed by atoms with Gasteiger partial charge in [-0.2, -0.15) is 0 Å². The molecule has 1 aromatic carbocycles. The average molecular weight is 214 g/mol. The fraction of sp³-hybridized carbons (Fsp3) is 0.143. The van der Waals surface area contributed by atoms with E-state index in [4.69, 9.17) is 0 Å². The number of rotatable bonds is 1. The van der Waals surface area contributed by atoms with Gasteiger partial charge in [0.05, 0.1) is 0 Å². The standard InChI is InChI=1S/C14H14S/c1-4-5-9-13-11(3)12-8-6-7-10(2)14(12)15-13/h4-9H,3H2,1-2H3/b5-4-,13-9+.